The minimum atomic E-state index is -0.945. The van der Waals surface area contributed by atoms with Gasteiger partial charge in [-0.2, -0.15) is 0 Å². The van der Waals surface area contributed by atoms with Crippen LogP contribution in [0.15, 0.2) is 42.5 Å². The summed E-state index contributed by atoms with van der Waals surface area (Å²) in [6.45, 7) is 3.38. The second-order valence-electron chi connectivity index (χ2n) is 5.09. The molecule has 2 aromatic rings. The standard InChI is InChI=1S/C17H17ClN2O3/c1-10-5-3-4-6-15(10)20-16(21)11(2)23-17(22)12-7-8-13(18)14(19)9-12/h3-9,11H,19H2,1-2H3,(H,20,21). The molecule has 0 aromatic heterocycles. The Bertz CT molecular complexity index is 746. The molecule has 3 N–H and O–H groups in total. The van der Waals surface area contributed by atoms with Gasteiger partial charge in [-0.05, 0) is 43.7 Å². The average Bonchev–Trinajstić information content (AvgIpc) is 2.52. The Balaban J connectivity index is 2.01. The van der Waals surface area contributed by atoms with Crippen LogP contribution in [0.5, 0.6) is 0 Å². The molecule has 0 spiro atoms. The highest BCUT2D eigenvalue weighted by Gasteiger charge is 2.19. The number of halogens is 1. The van der Waals surface area contributed by atoms with Crippen LogP contribution in [-0.4, -0.2) is 18.0 Å². The highest BCUT2D eigenvalue weighted by molar-refractivity contribution is 6.33. The smallest absolute Gasteiger partial charge is 0.338 e. The summed E-state index contributed by atoms with van der Waals surface area (Å²) < 4.78 is 5.16. The summed E-state index contributed by atoms with van der Waals surface area (Å²) in [5.41, 5.74) is 7.76. The fraction of sp³-hybridized carbons (Fsp3) is 0.176. The van der Waals surface area contributed by atoms with Crippen LogP contribution in [0.3, 0.4) is 0 Å². The zero-order chi connectivity index (χ0) is 17.0. The number of benzene rings is 2. The van der Waals surface area contributed by atoms with Crippen LogP contribution >= 0.6 is 11.6 Å². The van der Waals surface area contributed by atoms with Gasteiger partial charge in [0.05, 0.1) is 16.3 Å². The van der Waals surface area contributed by atoms with E-state index in [0.29, 0.717) is 10.7 Å². The molecular formula is C17H17ClN2O3. The van der Waals surface area contributed by atoms with Gasteiger partial charge in [0.1, 0.15) is 0 Å². The third kappa shape index (κ3) is 4.23. The molecule has 0 saturated heterocycles. The summed E-state index contributed by atoms with van der Waals surface area (Å²) >= 11 is 5.81. The van der Waals surface area contributed by atoms with Gasteiger partial charge in [-0.3, -0.25) is 4.79 Å². The van der Waals surface area contributed by atoms with E-state index in [1.165, 1.54) is 25.1 Å². The predicted molar refractivity (Wildman–Crippen MR) is 90.6 cm³/mol. The first-order chi connectivity index (χ1) is 10.9. The number of hydrogen-bond donors (Lipinski definition) is 2. The zero-order valence-electron chi connectivity index (χ0n) is 12.8. The SMILES string of the molecule is Cc1ccccc1NC(=O)C(C)OC(=O)c1ccc(Cl)c(N)c1. The van der Waals surface area contributed by atoms with Crippen LogP contribution < -0.4 is 11.1 Å². The monoisotopic (exact) mass is 332 g/mol. The Hall–Kier alpha value is -2.53. The van der Waals surface area contributed by atoms with Gasteiger partial charge in [0.25, 0.3) is 5.91 Å². The lowest BCUT2D eigenvalue weighted by molar-refractivity contribution is -0.123. The molecular weight excluding hydrogens is 316 g/mol. The van der Waals surface area contributed by atoms with Crippen molar-refractivity contribution in [3.05, 3.63) is 58.6 Å². The number of para-hydroxylation sites is 1. The Kier molecular flexibility index (Phi) is 5.24. The Morgan fingerprint density at radius 1 is 1.22 bits per heavy atom. The molecule has 1 atom stereocenters. The van der Waals surface area contributed by atoms with E-state index in [1.54, 1.807) is 6.07 Å². The first-order valence-corrected chi connectivity index (χ1v) is 7.39. The van der Waals surface area contributed by atoms with Crippen molar-refractivity contribution in [1.29, 1.82) is 0 Å². The molecule has 0 radical (unpaired) electrons. The lowest BCUT2D eigenvalue weighted by Crippen LogP contribution is -2.30. The molecule has 0 fully saturated rings. The number of esters is 1. The van der Waals surface area contributed by atoms with Crippen LogP contribution in [-0.2, 0) is 9.53 Å². The van der Waals surface area contributed by atoms with Crippen molar-refractivity contribution in [2.45, 2.75) is 20.0 Å². The van der Waals surface area contributed by atoms with Crippen LogP contribution in [0, 0.1) is 6.92 Å². The summed E-state index contributed by atoms with van der Waals surface area (Å²) in [6.07, 6.45) is -0.945. The van der Waals surface area contributed by atoms with Crippen molar-refractivity contribution >= 4 is 34.9 Å². The van der Waals surface area contributed by atoms with Gasteiger partial charge in [0, 0.05) is 5.69 Å². The zero-order valence-corrected chi connectivity index (χ0v) is 13.6. The molecule has 0 aliphatic carbocycles. The first kappa shape index (κ1) is 16.8. The molecule has 120 valence electrons. The quantitative estimate of drug-likeness (QED) is 0.664. The van der Waals surface area contributed by atoms with Crippen molar-refractivity contribution in [2.75, 3.05) is 11.1 Å². The van der Waals surface area contributed by atoms with Crippen LogP contribution in [0.25, 0.3) is 0 Å². The van der Waals surface area contributed by atoms with Crippen LogP contribution in [0.4, 0.5) is 11.4 Å². The van der Waals surface area contributed by atoms with Gasteiger partial charge in [0.15, 0.2) is 6.10 Å². The Labute approximate surface area is 139 Å². The van der Waals surface area contributed by atoms with Gasteiger partial charge in [0.2, 0.25) is 0 Å². The Morgan fingerprint density at radius 3 is 2.57 bits per heavy atom. The van der Waals surface area contributed by atoms with Gasteiger partial charge < -0.3 is 15.8 Å². The molecule has 2 rings (SSSR count). The van der Waals surface area contributed by atoms with Gasteiger partial charge in [-0.1, -0.05) is 29.8 Å². The number of aryl methyl sites for hydroxylation is 1. The Morgan fingerprint density at radius 2 is 1.91 bits per heavy atom. The van der Waals surface area contributed by atoms with Crippen molar-refractivity contribution in [3.63, 3.8) is 0 Å². The second kappa shape index (κ2) is 7.15. The normalized spacial score (nSPS) is 11.6. The second-order valence-corrected chi connectivity index (χ2v) is 5.50. The number of carbonyl (C=O) groups excluding carboxylic acids is 2. The number of anilines is 2. The lowest BCUT2D eigenvalue weighted by Gasteiger charge is -2.15. The minimum Gasteiger partial charge on any atom is -0.449 e. The average molecular weight is 333 g/mol. The number of nitrogens with two attached hydrogens (primary N) is 1. The van der Waals surface area contributed by atoms with Crippen molar-refractivity contribution in [3.8, 4) is 0 Å². The number of nitrogen functional groups attached to an aromatic ring is 1. The molecule has 1 amide bonds. The molecule has 23 heavy (non-hydrogen) atoms. The summed E-state index contributed by atoms with van der Waals surface area (Å²) in [7, 11) is 0. The summed E-state index contributed by atoms with van der Waals surface area (Å²) in [4.78, 5) is 24.2. The molecule has 0 aliphatic heterocycles. The maximum atomic E-state index is 12.1. The molecule has 6 heteroatoms. The van der Waals surface area contributed by atoms with Gasteiger partial charge >= 0.3 is 5.97 Å². The van der Waals surface area contributed by atoms with Crippen molar-refractivity contribution in [2.24, 2.45) is 0 Å². The molecule has 0 heterocycles. The molecule has 2 aromatic carbocycles. The highest BCUT2D eigenvalue weighted by atomic mass is 35.5. The minimum absolute atomic E-state index is 0.238. The maximum absolute atomic E-state index is 12.1. The third-order valence-corrected chi connectivity index (χ3v) is 3.63. The van der Waals surface area contributed by atoms with E-state index < -0.39 is 18.0 Å². The molecule has 0 aliphatic rings. The predicted octanol–water partition coefficient (Wildman–Crippen LogP) is 3.41. The topological polar surface area (TPSA) is 81.4 Å². The first-order valence-electron chi connectivity index (χ1n) is 7.01. The fourth-order valence-electron chi connectivity index (χ4n) is 1.90. The van der Waals surface area contributed by atoms with E-state index in [4.69, 9.17) is 22.1 Å². The summed E-state index contributed by atoms with van der Waals surface area (Å²) in [6, 6.07) is 11.8. The van der Waals surface area contributed by atoms with E-state index in [0.717, 1.165) is 5.56 Å². The van der Waals surface area contributed by atoms with E-state index in [2.05, 4.69) is 5.32 Å². The van der Waals surface area contributed by atoms with Crippen molar-refractivity contribution in [1.82, 2.24) is 0 Å². The van der Waals surface area contributed by atoms with E-state index in [1.807, 2.05) is 25.1 Å². The van der Waals surface area contributed by atoms with E-state index in [9.17, 15) is 9.59 Å². The third-order valence-electron chi connectivity index (χ3n) is 3.29. The van der Waals surface area contributed by atoms with Gasteiger partial charge in [-0.25, -0.2) is 4.79 Å². The number of amides is 1. The van der Waals surface area contributed by atoms with Gasteiger partial charge in [-0.15, -0.1) is 0 Å². The van der Waals surface area contributed by atoms with E-state index in [-0.39, 0.29) is 11.3 Å². The van der Waals surface area contributed by atoms with Crippen molar-refractivity contribution < 1.29 is 14.3 Å². The number of ether oxygens (including phenoxy) is 1. The number of rotatable bonds is 4. The molecule has 5 nitrogen and oxygen atoms in total. The lowest BCUT2D eigenvalue weighted by atomic mass is 10.2. The van der Waals surface area contributed by atoms with E-state index >= 15 is 0 Å². The molecule has 0 saturated carbocycles. The molecule has 0 bridgehead atoms. The number of nitrogens with one attached hydrogen (secondary N) is 1. The van der Waals surface area contributed by atoms with Crippen LogP contribution in [0.1, 0.15) is 22.8 Å². The van der Waals surface area contributed by atoms with Crippen LogP contribution in [0.2, 0.25) is 5.02 Å². The largest absolute Gasteiger partial charge is 0.449 e. The maximum Gasteiger partial charge on any atom is 0.338 e. The highest BCUT2D eigenvalue weighted by Crippen LogP contribution is 2.20. The fourth-order valence-corrected chi connectivity index (χ4v) is 2.02. The number of carbonyl (C=O) groups is 2. The summed E-state index contributed by atoms with van der Waals surface area (Å²) in [5, 5.41) is 3.08. The molecule has 1 unspecified atom stereocenters. The number of hydrogen-bond acceptors (Lipinski definition) is 4. The summed E-state index contributed by atoms with van der Waals surface area (Å²) in [5.74, 6) is -1.05.